The van der Waals surface area contributed by atoms with Crippen molar-refractivity contribution in [3.05, 3.63) is 57.0 Å². The van der Waals surface area contributed by atoms with Crippen LogP contribution in [0.2, 0.25) is 0 Å². The van der Waals surface area contributed by atoms with Gasteiger partial charge in [-0.1, -0.05) is 17.3 Å². The van der Waals surface area contributed by atoms with Crippen LogP contribution >= 0.6 is 11.8 Å². The van der Waals surface area contributed by atoms with Crippen LogP contribution < -0.4 is 0 Å². The van der Waals surface area contributed by atoms with Crippen molar-refractivity contribution >= 4 is 23.4 Å². The molecule has 0 aliphatic rings. The molecule has 0 spiro atoms. The minimum absolute atomic E-state index is 0.0522. The van der Waals surface area contributed by atoms with Crippen molar-refractivity contribution in [2.45, 2.75) is 26.2 Å². The molecule has 0 saturated heterocycles. The van der Waals surface area contributed by atoms with Gasteiger partial charge in [0.15, 0.2) is 0 Å². The molecule has 0 saturated carbocycles. The highest BCUT2D eigenvalue weighted by molar-refractivity contribution is 7.99. The summed E-state index contributed by atoms with van der Waals surface area (Å²) in [4.78, 5) is 22.1. The molecular formula is C15H16N2O5S. The van der Waals surface area contributed by atoms with Crippen LogP contribution in [-0.2, 0) is 21.9 Å². The molecule has 7 nitrogen and oxygen atoms in total. The predicted octanol–water partition coefficient (Wildman–Crippen LogP) is 3.18. The van der Waals surface area contributed by atoms with Gasteiger partial charge in [0.25, 0.3) is 5.69 Å². The Hall–Kier alpha value is -2.35. The summed E-state index contributed by atoms with van der Waals surface area (Å²) in [5.41, 5.74) is 2.11. The summed E-state index contributed by atoms with van der Waals surface area (Å²) in [6, 6.07) is 6.20. The van der Waals surface area contributed by atoms with E-state index in [2.05, 4.69) is 5.16 Å². The average molecular weight is 336 g/mol. The number of aromatic nitrogens is 1. The fraction of sp³-hybridized carbons (Fsp3) is 0.333. The van der Waals surface area contributed by atoms with Crippen LogP contribution in [0.3, 0.4) is 0 Å². The summed E-state index contributed by atoms with van der Waals surface area (Å²) in [6.45, 7) is 3.56. The summed E-state index contributed by atoms with van der Waals surface area (Å²) in [6.07, 6.45) is 0. The fourth-order valence-electron chi connectivity index (χ4n) is 1.96. The van der Waals surface area contributed by atoms with Gasteiger partial charge in [-0.15, -0.1) is 11.8 Å². The maximum atomic E-state index is 11.7. The van der Waals surface area contributed by atoms with E-state index in [-0.39, 0.29) is 18.0 Å². The highest BCUT2D eigenvalue weighted by atomic mass is 32.2. The van der Waals surface area contributed by atoms with E-state index in [0.29, 0.717) is 11.3 Å². The maximum Gasteiger partial charge on any atom is 0.316 e. The SMILES string of the molecule is Cc1noc(C)c1CSCC(=O)OCc1ccccc1[N+](=O)[O-]. The molecule has 2 rings (SSSR count). The van der Waals surface area contributed by atoms with E-state index in [0.717, 1.165) is 17.0 Å². The largest absolute Gasteiger partial charge is 0.460 e. The lowest BCUT2D eigenvalue weighted by molar-refractivity contribution is -0.385. The quantitative estimate of drug-likeness (QED) is 0.435. The second-order valence-electron chi connectivity index (χ2n) is 4.84. The molecule has 0 amide bonds. The lowest BCUT2D eigenvalue weighted by Gasteiger charge is -2.05. The molecule has 0 bridgehead atoms. The molecule has 1 heterocycles. The van der Waals surface area contributed by atoms with Crippen LogP contribution in [0.25, 0.3) is 0 Å². The second kappa shape index (κ2) is 7.77. The minimum Gasteiger partial charge on any atom is -0.460 e. The topological polar surface area (TPSA) is 95.5 Å². The van der Waals surface area contributed by atoms with Gasteiger partial charge < -0.3 is 9.26 Å². The molecule has 1 aromatic heterocycles. The Morgan fingerprint density at radius 1 is 1.39 bits per heavy atom. The number of nitro benzene ring substituents is 1. The molecule has 1 aromatic carbocycles. The highest BCUT2D eigenvalue weighted by Gasteiger charge is 2.15. The van der Waals surface area contributed by atoms with E-state index in [1.54, 1.807) is 18.2 Å². The van der Waals surface area contributed by atoms with Gasteiger partial charge in [-0.25, -0.2) is 0 Å². The standard InChI is InChI=1S/C15H16N2O5S/c1-10-13(11(2)22-16-10)8-23-9-15(18)21-7-12-5-3-4-6-14(12)17(19)20/h3-6H,7-9H2,1-2H3. The molecule has 0 N–H and O–H groups in total. The lowest BCUT2D eigenvalue weighted by atomic mass is 10.2. The van der Waals surface area contributed by atoms with E-state index < -0.39 is 10.9 Å². The number of carbonyl (C=O) groups excluding carboxylic acids is 1. The van der Waals surface area contributed by atoms with Crippen molar-refractivity contribution in [3.63, 3.8) is 0 Å². The van der Waals surface area contributed by atoms with Crippen molar-refractivity contribution in [2.24, 2.45) is 0 Å². The summed E-state index contributed by atoms with van der Waals surface area (Å²) in [7, 11) is 0. The van der Waals surface area contributed by atoms with Gasteiger partial charge in [0, 0.05) is 17.4 Å². The molecule has 0 atom stereocenters. The summed E-state index contributed by atoms with van der Waals surface area (Å²) in [5, 5.41) is 14.7. The number of esters is 1. The number of hydrogen-bond acceptors (Lipinski definition) is 7. The number of thioether (sulfide) groups is 1. The molecule has 23 heavy (non-hydrogen) atoms. The van der Waals surface area contributed by atoms with E-state index in [9.17, 15) is 14.9 Å². The monoisotopic (exact) mass is 336 g/mol. The third kappa shape index (κ3) is 4.56. The molecule has 0 unspecified atom stereocenters. The number of ether oxygens (including phenoxy) is 1. The number of aryl methyl sites for hydroxylation is 2. The molecule has 0 radical (unpaired) electrons. The van der Waals surface area contributed by atoms with E-state index in [4.69, 9.17) is 9.26 Å². The van der Waals surface area contributed by atoms with Gasteiger partial charge >= 0.3 is 5.97 Å². The molecule has 2 aromatic rings. The lowest BCUT2D eigenvalue weighted by Crippen LogP contribution is -2.08. The van der Waals surface area contributed by atoms with Crippen LogP contribution in [0.5, 0.6) is 0 Å². The van der Waals surface area contributed by atoms with E-state index in [1.165, 1.54) is 17.8 Å². The zero-order valence-corrected chi connectivity index (χ0v) is 13.6. The molecule has 8 heteroatoms. The Balaban J connectivity index is 1.81. The maximum absolute atomic E-state index is 11.7. The first-order valence-electron chi connectivity index (χ1n) is 6.86. The number of hydrogen-bond donors (Lipinski definition) is 0. The first-order chi connectivity index (χ1) is 11.0. The van der Waals surface area contributed by atoms with Crippen molar-refractivity contribution in [2.75, 3.05) is 5.75 Å². The molecule has 122 valence electrons. The number of nitro groups is 1. The molecule has 0 fully saturated rings. The van der Waals surface area contributed by atoms with Gasteiger partial charge in [0.2, 0.25) is 0 Å². The number of rotatable bonds is 7. The Labute approximate surface area is 137 Å². The fourth-order valence-corrected chi connectivity index (χ4v) is 2.92. The van der Waals surface area contributed by atoms with E-state index >= 15 is 0 Å². The Morgan fingerprint density at radius 2 is 2.13 bits per heavy atom. The van der Waals surface area contributed by atoms with Crippen LogP contribution in [-0.4, -0.2) is 21.8 Å². The normalized spacial score (nSPS) is 10.5. The van der Waals surface area contributed by atoms with E-state index in [1.807, 2.05) is 13.8 Å². The number of para-hydroxylation sites is 1. The highest BCUT2D eigenvalue weighted by Crippen LogP contribution is 2.21. The van der Waals surface area contributed by atoms with Gasteiger partial charge in [-0.2, -0.15) is 0 Å². The first-order valence-corrected chi connectivity index (χ1v) is 8.02. The van der Waals surface area contributed by atoms with Gasteiger partial charge in [-0.05, 0) is 19.9 Å². The number of nitrogens with zero attached hydrogens (tertiary/aromatic N) is 2. The molecule has 0 aliphatic heterocycles. The predicted molar refractivity (Wildman–Crippen MR) is 85.0 cm³/mol. The van der Waals surface area contributed by atoms with Crippen molar-refractivity contribution < 1.29 is 19.0 Å². The second-order valence-corrected chi connectivity index (χ2v) is 5.83. The smallest absolute Gasteiger partial charge is 0.316 e. The van der Waals surface area contributed by atoms with Gasteiger partial charge in [0.05, 0.1) is 21.9 Å². The third-order valence-electron chi connectivity index (χ3n) is 3.22. The number of carbonyl (C=O) groups is 1. The Morgan fingerprint density at radius 3 is 2.78 bits per heavy atom. The van der Waals surface area contributed by atoms with Crippen LogP contribution in [0.4, 0.5) is 5.69 Å². The zero-order chi connectivity index (χ0) is 16.8. The average Bonchev–Trinajstić information content (AvgIpc) is 2.85. The van der Waals surface area contributed by atoms with Gasteiger partial charge in [-0.3, -0.25) is 14.9 Å². The van der Waals surface area contributed by atoms with Crippen LogP contribution in [0.1, 0.15) is 22.6 Å². The van der Waals surface area contributed by atoms with Crippen molar-refractivity contribution in [1.29, 1.82) is 0 Å². The molecular weight excluding hydrogens is 320 g/mol. The molecule has 0 aliphatic carbocycles. The Kier molecular flexibility index (Phi) is 5.75. The zero-order valence-electron chi connectivity index (χ0n) is 12.8. The summed E-state index contributed by atoms with van der Waals surface area (Å²) >= 11 is 1.38. The van der Waals surface area contributed by atoms with Crippen molar-refractivity contribution in [3.8, 4) is 0 Å². The van der Waals surface area contributed by atoms with Gasteiger partial charge in [0.1, 0.15) is 12.4 Å². The van der Waals surface area contributed by atoms with Crippen LogP contribution in [0.15, 0.2) is 28.8 Å². The van der Waals surface area contributed by atoms with Crippen LogP contribution in [0, 0.1) is 24.0 Å². The first kappa shape index (κ1) is 17.0. The third-order valence-corrected chi connectivity index (χ3v) is 4.16. The summed E-state index contributed by atoms with van der Waals surface area (Å²) in [5.74, 6) is 1.08. The Bertz CT molecular complexity index is 694. The number of benzene rings is 1. The summed E-state index contributed by atoms with van der Waals surface area (Å²) < 4.78 is 10.1. The minimum atomic E-state index is -0.491. The van der Waals surface area contributed by atoms with Crippen molar-refractivity contribution in [1.82, 2.24) is 5.16 Å².